The van der Waals surface area contributed by atoms with Crippen LogP contribution >= 0.6 is 11.6 Å². The predicted molar refractivity (Wildman–Crippen MR) is 53.2 cm³/mol. The normalized spacial score (nSPS) is 18.6. The van der Waals surface area contributed by atoms with Crippen LogP contribution < -0.4 is 5.73 Å². The summed E-state index contributed by atoms with van der Waals surface area (Å²) in [6.45, 7) is 0. The van der Waals surface area contributed by atoms with Gasteiger partial charge in [-0.25, -0.2) is 0 Å². The first-order valence-corrected chi connectivity index (χ1v) is 5.01. The number of alkyl halides is 3. The van der Waals surface area contributed by atoms with Crippen LogP contribution in [0.5, 0.6) is 5.75 Å². The Hall–Kier alpha value is -0.940. The van der Waals surface area contributed by atoms with E-state index in [1.165, 1.54) is 0 Å². The van der Waals surface area contributed by atoms with Crippen LogP contribution in [0.2, 0.25) is 5.02 Å². The number of halogens is 4. The molecule has 1 aliphatic carbocycles. The zero-order valence-electron chi connectivity index (χ0n) is 8.11. The van der Waals surface area contributed by atoms with E-state index in [1.807, 2.05) is 0 Å². The monoisotopic (exact) mass is 251 g/mol. The first kappa shape index (κ1) is 11.5. The molecule has 88 valence electrons. The molecular formula is C10H9ClF3NO. The van der Waals surface area contributed by atoms with Crippen LogP contribution in [0.3, 0.4) is 0 Å². The van der Waals surface area contributed by atoms with Crippen molar-refractivity contribution in [3.63, 3.8) is 0 Å². The summed E-state index contributed by atoms with van der Waals surface area (Å²) in [5.41, 5.74) is 3.85. The molecular weight excluding hydrogens is 243 g/mol. The lowest BCUT2D eigenvalue weighted by atomic mass is 9.98. The van der Waals surface area contributed by atoms with Gasteiger partial charge in [0.05, 0.1) is 10.6 Å². The zero-order valence-corrected chi connectivity index (χ0v) is 8.86. The molecule has 0 unspecified atom stereocenters. The largest absolute Gasteiger partial charge is 0.506 e. The molecule has 3 N–H and O–H groups in total. The van der Waals surface area contributed by atoms with Gasteiger partial charge in [-0.3, -0.25) is 0 Å². The minimum Gasteiger partial charge on any atom is -0.506 e. The Balaban J connectivity index is 2.62. The van der Waals surface area contributed by atoms with Crippen LogP contribution in [0.1, 0.15) is 24.0 Å². The van der Waals surface area contributed by atoms with E-state index in [1.54, 1.807) is 0 Å². The molecule has 0 aromatic heterocycles. The van der Waals surface area contributed by atoms with Crippen LogP contribution in [0.15, 0.2) is 12.1 Å². The van der Waals surface area contributed by atoms with Crippen molar-refractivity contribution in [2.24, 2.45) is 5.73 Å². The maximum atomic E-state index is 12.7. The molecule has 0 atom stereocenters. The van der Waals surface area contributed by atoms with E-state index in [0.29, 0.717) is 18.9 Å². The highest BCUT2D eigenvalue weighted by Crippen LogP contribution is 2.49. The van der Waals surface area contributed by atoms with Crippen molar-refractivity contribution in [3.8, 4) is 5.75 Å². The van der Waals surface area contributed by atoms with Crippen LogP contribution in [-0.4, -0.2) is 5.11 Å². The van der Waals surface area contributed by atoms with Crippen molar-refractivity contribution in [1.82, 2.24) is 0 Å². The van der Waals surface area contributed by atoms with Gasteiger partial charge in [0.1, 0.15) is 5.75 Å². The molecule has 1 aromatic carbocycles. The average Bonchev–Trinajstić information content (AvgIpc) is 2.87. The molecule has 1 saturated carbocycles. The highest BCUT2D eigenvalue weighted by molar-refractivity contribution is 6.32. The number of hydrogen-bond donors (Lipinski definition) is 2. The van der Waals surface area contributed by atoms with Gasteiger partial charge in [-0.2, -0.15) is 13.2 Å². The van der Waals surface area contributed by atoms with Crippen LogP contribution in [0.4, 0.5) is 13.2 Å². The minimum atomic E-state index is -4.54. The number of benzene rings is 1. The van der Waals surface area contributed by atoms with Crippen LogP contribution in [-0.2, 0) is 11.7 Å². The maximum absolute atomic E-state index is 12.7. The number of phenolic OH excluding ortho intramolecular Hbond substituents is 1. The maximum Gasteiger partial charge on any atom is 0.416 e. The molecule has 0 bridgehead atoms. The minimum absolute atomic E-state index is 0.0391. The Labute approximate surface area is 94.8 Å². The van der Waals surface area contributed by atoms with E-state index < -0.39 is 23.0 Å². The van der Waals surface area contributed by atoms with Gasteiger partial charge in [-0.15, -0.1) is 0 Å². The van der Waals surface area contributed by atoms with Crippen molar-refractivity contribution in [3.05, 3.63) is 28.3 Å². The molecule has 0 aliphatic heterocycles. The topological polar surface area (TPSA) is 46.2 Å². The summed E-state index contributed by atoms with van der Waals surface area (Å²) in [6, 6.07) is 1.73. The molecule has 0 heterocycles. The summed E-state index contributed by atoms with van der Waals surface area (Å²) in [4.78, 5) is 0. The first-order valence-electron chi connectivity index (χ1n) is 4.63. The second-order valence-electron chi connectivity index (χ2n) is 4.00. The molecule has 1 aliphatic rings. The fraction of sp³-hybridized carbons (Fsp3) is 0.400. The molecule has 2 nitrogen and oxygen atoms in total. The Morgan fingerprint density at radius 1 is 1.31 bits per heavy atom. The lowest BCUT2D eigenvalue weighted by Gasteiger charge is -2.18. The number of phenols is 1. The molecule has 1 aromatic rings. The number of hydrogen-bond acceptors (Lipinski definition) is 2. The van der Waals surface area contributed by atoms with Gasteiger partial charge in [0.2, 0.25) is 0 Å². The number of nitrogens with two attached hydrogens (primary N) is 1. The first-order chi connectivity index (χ1) is 7.24. The van der Waals surface area contributed by atoms with Gasteiger partial charge >= 0.3 is 6.18 Å². The summed E-state index contributed by atoms with van der Waals surface area (Å²) >= 11 is 5.60. The van der Waals surface area contributed by atoms with Gasteiger partial charge in [0.25, 0.3) is 0 Å². The summed E-state index contributed by atoms with van der Waals surface area (Å²) in [7, 11) is 0. The average molecular weight is 252 g/mol. The lowest BCUT2D eigenvalue weighted by molar-refractivity contribution is -0.138. The van der Waals surface area contributed by atoms with Crippen LogP contribution in [0, 0.1) is 0 Å². The number of aromatic hydroxyl groups is 1. The van der Waals surface area contributed by atoms with E-state index in [-0.39, 0.29) is 10.6 Å². The Bertz CT molecular complexity index is 410. The third-order valence-electron chi connectivity index (χ3n) is 2.72. The van der Waals surface area contributed by atoms with Crippen molar-refractivity contribution >= 4 is 11.6 Å². The molecule has 0 saturated heterocycles. The second kappa shape index (κ2) is 3.28. The van der Waals surface area contributed by atoms with E-state index >= 15 is 0 Å². The van der Waals surface area contributed by atoms with E-state index in [2.05, 4.69) is 0 Å². The molecule has 0 amide bonds. The van der Waals surface area contributed by atoms with Crippen LogP contribution in [0.25, 0.3) is 0 Å². The van der Waals surface area contributed by atoms with Crippen molar-refractivity contribution in [2.45, 2.75) is 24.6 Å². The Morgan fingerprint density at radius 2 is 1.88 bits per heavy atom. The van der Waals surface area contributed by atoms with E-state index in [0.717, 1.165) is 6.07 Å². The van der Waals surface area contributed by atoms with Gasteiger partial charge in [0.15, 0.2) is 0 Å². The molecule has 0 radical (unpaired) electrons. The lowest BCUT2D eigenvalue weighted by Crippen LogP contribution is -2.23. The van der Waals surface area contributed by atoms with Crippen molar-refractivity contribution in [1.29, 1.82) is 0 Å². The van der Waals surface area contributed by atoms with Gasteiger partial charge in [-0.1, -0.05) is 11.6 Å². The summed E-state index contributed by atoms with van der Waals surface area (Å²) in [6.07, 6.45) is -3.54. The Morgan fingerprint density at radius 3 is 2.31 bits per heavy atom. The molecule has 6 heteroatoms. The highest BCUT2D eigenvalue weighted by Gasteiger charge is 2.47. The molecule has 0 spiro atoms. The van der Waals surface area contributed by atoms with E-state index in [4.69, 9.17) is 17.3 Å². The SMILES string of the molecule is NC1(c2cc(Cl)c(O)cc2C(F)(F)F)CC1. The third-order valence-corrected chi connectivity index (χ3v) is 3.02. The standard InChI is InChI=1S/C10H9ClF3NO/c11-7-3-5(9(15)1-2-9)6(4-8(7)16)10(12,13)14/h3-4,16H,1-2,15H2. The summed E-state index contributed by atoms with van der Waals surface area (Å²) in [5, 5.41) is 9.09. The number of rotatable bonds is 1. The summed E-state index contributed by atoms with van der Waals surface area (Å²) in [5.74, 6) is -0.581. The fourth-order valence-corrected chi connectivity index (χ4v) is 1.78. The van der Waals surface area contributed by atoms with Gasteiger partial charge in [0, 0.05) is 5.54 Å². The molecule has 16 heavy (non-hydrogen) atoms. The summed E-state index contributed by atoms with van der Waals surface area (Å²) < 4.78 is 38.1. The quantitative estimate of drug-likeness (QED) is 0.806. The Kier molecular flexibility index (Phi) is 2.36. The van der Waals surface area contributed by atoms with Crippen molar-refractivity contribution in [2.75, 3.05) is 0 Å². The van der Waals surface area contributed by atoms with E-state index in [9.17, 15) is 18.3 Å². The fourth-order valence-electron chi connectivity index (χ4n) is 1.61. The third kappa shape index (κ3) is 1.85. The zero-order chi connectivity index (χ0) is 12.1. The molecule has 2 rings (SSSR count). The predicted octanol–water partition coefficient (Wildman–Crippen LogP) is 3.01. The van der Waals surface area contributed by atoms with Crippen molar-refractivity contribution < 1.29 is 18.3 Å². The smallest absolute Gasteiger partial charge is 0.416 e. The molecule has 1 fully saturated rings. The van der Waals surface area contributed by atoms with Gasteiger partial charge in [-0.05, 0) is 30.5 Å². The van der Waals surface area contributed by atoms with Gasteiger partial charge < -0.3 is 10.8 Å². The second-order valence-corrected chi connectivity index (χ2v) is 4.41. The highest BCUT2D eigenvalue weighted by atomic mass is 35.5.